The Labute approximate surface area is 83.4 Å². The van der Waals surface area contributed by atoms with Crippen molar-refractivity contribution in [1.82, 2.24) is 20.3 Å². The second-order valence-electron chi connectivity index (χ2n) is 3.66. The van der Waals surface area contributed by atoms with Gasteiger partial charge in [-0.15, -0.1) is 5.10 Å². The Morgan fingerprint density at radius 1 is 1.71 bits per heavy atom. The van der Waals surface area contributed by atoms with Gasteiger partial charge in [0, 0.05) is 13.2 Å². The summed E-state index contributed by atoms with van der Waals surface area (Å²) in [7, 11) is 1.66. The van der Waals surface area contributed by atoms with E-state index >= 15 is 0 Å². The van der Waals surface area contributed by atoms with Crippen molar-refractivity contribution in [3.05, 3.63) is 11.9 Å². The molecular weight excluding hydrogens is 180 g/mol. The lowest BCUT2D eigenvalue weighted by Crippen LogP contribution is -2.26. The summed E-state index contributed by atoms with van der Waals surface area (Å²) >= 11 is 0. The van der Waals surface area contributed by atoms with Crippen molar-refractivity contribution in [2.75, 3.05) is 13.7 Å². The highest BCUT2D eigenvalue weighted by molar-refractivity contribution is 4.90. The Balaban J connectivity index is 1.88. The summed E-state index contributed by atoms with van der Waals surface area (Å²) in [6.45, 7) is 2.58. The Morgan fingerprint density at radius 3 is 3.36 bits per heavy atom. The van der Waals surface area contributed by atoms with E-state index in [4.69, 9.17) is 4.74 Å². The predicted octanol–water partition coefficient (Wildman–Crippen LogP) is 0.176. The lowest BCUT2D eigenvalue weighted by molar-refractivity contribution is 0.181. The minimum atomic E-state index is 0.540. The molecule has 0 radical (unpaired) electrons. The van der Waals surface area contributed by atoms with Crippen LogP contribution in [0.25, 0.3) is 0 Å². The smallest absolute Gasteiger partial charge is 0.108 e. The molecule has 1 aromatic heterocycles. The minimum Gasteiger partial charge on any atom is -0.378 e. The molecule has 0 aromatic carbocycles. The van der Waals surface area contributed by atoms with Crippen molar-refractivity contribution in [2.45, 2.75) is 32.0 Å². The maximum atomic E-state index is 4.98. The molecule has 0 amide bonds. The summed E-state index contributed by atoms with van der Waals surface area (Å²) in [4.78, 5) is 0. The highest BCUT2D eigenvalue weighted by Gasteiger charge is 2.14. The highest BCUT2D eigenvalue weighted by atomic mass is 16.5. The van der Waals surface area contributed by atoms with Gasteiger partial charge in [0.2, 0.25) is 0 Å². The fourth-order valence-corrected chi connectivity index (χ4v) is 1.78. The third-order valence-electron chi connectivity index (χ3n) is 2.45. The van der Waals surface area contributed by atoms with Gasteiger partial charge in [-0.3, -0.25) is 4.68 Å². The average molecular weight is 196 g/mol. The lowest BCUT2D eigenvalue weighted by Gasteiger charge is -2.08. The fourth-order valence-electron chi connectivity index (χ4n) is 1.78. The topological polar surface area (TPSA) is 52.0 Å². The molecule has 0 bridgehead atoms. The Hall–Kier alpha value is -0.940. The van der Waals surface area contributed by atoms with Gasteiger partial charge in [0.15, 0.2) is 0 Å². The van der Waals surface area contributed by atoms with E-state index < -0.39 is 0 Å². The summed E-state index contributed by atoms with van der Waals surface area (Å²) < 4.78 is 6.87. The molecule has 1 atom stereocenters. The highest BCUT2D eigenvalue weighted by Crippen LogP contribution is 2.07. The van der Waals surface area contributed by atoms with Crippen LogP contribution in [0, 0.1) is 0 Å². The zero-order chi connectivity index (χ0) is 9.80. The van der Waals surface area contributed by atoms with Crippen molar-refractivity contribution in [1.29, 1.82) is 0 Å². The first-order valence-corrected chi connectivity index (χ1v) is 5.00. The fraction of sp³-hybridized carbons (Fsp3) is 0.778. The molecule has 1 aliphatic rings. The van der Waals surface area contributed by atoms with Crippen molar-refractivity contribution in [3.8, 4) is 0 Å². The SMILES string of the molecule is COCc1cn(CC2CCCN2)nn1. The molecule has 1 aromatic rings. The number of ether oxygens (including phenoxy) is 1. The molecule has 2 rings (SSSR count). The van der Waals surface area contributed by atoms with Crippen LogP contribution in [0.1, 0.15) is 18.5 Å². The van der Waals surface area contributed by atoms with Crippen LogP contribution in [0.5, 0.6) is 0 Å². The van der Waals surface area contributed by atoms with Gasteiger partial charge in [0.05, 0.1) is 19.3 Å². The summed E-state index contributed by atoms with van der Waals surface area (Å²) in [5.41, 5.74) is 0.894. The van der Waals surface area contributed by atoms with E-state index in [1.165, 1.54) is 12.8 Å². The summed E-state index contributed by atoms with van der Waals surface area (Å²) in [5, 5.41) is 11.5. The van der Waals surface area contributed by atoms with Crippen LogP contribution in [0.4, 0.5) is 0 Å². The molecule has 14 heavy (non-hydrogen) atoms. The van der Waals surface area contributed by atoms with E-state index in [0.717, 1.165) is 18.8 Å². The average Bonchev–Trinajstić information content (AvgIpc) is 2.79. The molecule has 1 saturated heterocycles. The van der Waals surface area contributed by atoms with E-state index in [0.29, 0.717) is 12.6 Å². The molecule has 1 unspecified atom stereocenters. The normalized spacial score (nSPS) is 21.6. The molecule has 0 saturated carbocycles. The van der Waals surface area contributed by atoms with E-state index in [1.54, 1.807) is 7.11 Å². The number of nitrogens with zero attached hydrogens (tertiary/aromatic N) is 3. The molecule has 1 fully saturated rings. The van der Waals surface area contributed by atoms with Crippen LogP contribution in [0.3, 0.4) is 0 Å². The molecule has 1 N–H and O–H groups in total. The summed E-state index contributed by atoms with van der Waals surface area (Å²) in [5.74, 6) is 0. The molecule has 0 spiro atoms. The maximum Gasteiger partial charge on any atom is 0.108 e. The van der Waals surface area contributed by atoms with Gasteiger partial charge in [-0.05, 0) is 19.4 Å². The quantitative estimate of drug-likeness (QED) is 0.746. The predicted molar refractivity (Wildman–Crippen MR) is 51.8 cm³/mol. The maximum absolute atomic E-state index is 4.98. The molecule has 5 nitrogen and oxygen atoms in total. The Morgan fingerprint density at radius 2 is 2.64 bits per heavy atom. The van der Waals surface area contributed by atoms with Gasteiger partial charge in [0.1, 0.15) is 5.69 Å². The largest absolute Gasteiger partial charge is 0.378 e. The Bertz CT molecular complexity index is 280. The van der Waals surface area contributed by atoms with E-state index in [-0.39, 0.29) is 0 Å². The number of nitrogens with one attached hydrogen (secondary N) is 1. The van der Waals surface area contributed by atoms with Crippen LogP contribution in [0.15, 0.2) is 6.20 Å². The van der Waals surface area contributed by atoms with Gasteiger partial charge >= 0.3 is 0 Å². The molecule has 0 aliphatic carbocycles. The van der Waals surface area contributed by atoms with E-state index in [1.807, 2.05) is 10.9 Å². The van der Waals surface area contributed by atoms with Gasteiger partial charge in [0.25, 0.3) is 0 Å². The van der Waals surface area contributed by atoms with Crippen molar-refractivity contribution >= 4 is 0 Å². The van der Waals surface area contributed by atoms with Crippen LogP contribution >= 0.6 is 0 Å². The molecule has 5 heteroatoms. The Kier molecular flexibility index (Phi) is 3.10. The summed E-state index contributed by atoms with van der Waals surface area (Å²) in [6.07, 6.45) is 4.45. The molecule has 78 valence electrons. The van der Waals surface area contributed by atoms with Crippen LogP contribution in [-0.2, 0) is 17.9 Å². The van der Waals surface area contributed by atoms with Gasteiger partial charge in [-0.25, -0.2) is 0 Å². The molecular formula is C9H16N4O. The third-order valence-corrected chi connectivity index (χ3v) is 2.45. The zero-order valence-corrected chi connectivity index (χ0v) is 8.44. The van der Waals surface area contributed by atoms with Crippen molar-refractivity contribution in [2.24, 2.45) is 0 Å². The van der Waals surface area contributed by atoms with Gasteiger partial charge < -0.3 is 10.1 Å². The lowest BCUT2D eigenvalue weighted by atomic mass is 10.2. The number of methoxy groups -OCH3 is 1. The van der Waals surface area contributed by atoms with Crippen molar-refractivity contribution < 1.29 is 4.74 Å². The van der Waals surface area contributed by atoms with E-state index in [2.05, 4.69) is 15.6 Å². The first-order valence-electron chi connectivity index (χ1n) is 5.00. The standard InChI is InChI=1S/C9H16N4O/c1-14-7-9-6-13(12-11-9)5-8-3-2-4-10-8/h6,8,10H,2-5,7H2,1H3. The number of hydrogen-bond acceptors (Lipinski definition) is 4. The number of aromatic nitrogens is 3. The molecule has 2 heterocycles. The molecule has 1 aliphatic heterocycles. The van der Waals surface area contributed by atoms with Crippen LogP contribution < -0.4 is 5.32 Å². The first-order chi connectivity index (χ1) is 6.88. The van der Waals surface area contributed by atoms with Crippen molar-refractivity contribution in [3.63, 3.8) is 0 Å². The summed E-state index contributed by atoms with van der Waals surface area (Å²) in [6, 6.07) is 0.562. The first kappa shape index (κ1) is 9.61. The monoisotopic (exact) mass is 196 g/mol. The van der Waals surface area contributed by atoms with Crippen LogP contribution in [0.2, 0.25) is 0 Å². The minimum absolute atomic E-state index is 0.540. The second-order valence-corrected chi connectivity index (χ2v) is 3.66. The van der Waals surface area contributed by atoms with Gasteiger partial charge in [-0.1, -0.05) is 5.21 Å². The number of hydrogen-bond donors (Lipinski definition) is 1. The van der Waals surface area contributed by atoms with Gasteiger partial charge in [-0.2, -0.15) is 0 Å². The van der Waals surface area contributed by atoms with E-state index in [9.17, 15) is 0 Å². The second kappa shape index (κ2) is 4.52. The number of rotatable bonds is 4. The zero-order valence-electron chi connectivity index (χ0n) is 8.44. The van der Waals surface area contributed by atoms with Crippen LogP contribution in [-0.4, -0.2) is 34.7 Å². The third kappa shape index (κ3) is 2.30.